The van der Waals surface area contributed by atoms with Gasteiger partial charge in [-0.1, -0.05) is 0 Å². The molecule has 0 aliphatic carbocycles. The van der Waals surface area contributed by atoms with Gasteiger partial charge in [-0.3, -0.25) is 14.4 Å². The molecule has 0 spiro atoms. The van der Waals surface area contributed by atoms with Crippen LogP contribution in [0.1, 0.15) is 19.8 Å². The van der Waals surface area contributed by atoms with E-state index in [2.05, 4.69) is 16.0 Å². The fourth-order valence-corrected chi connectivity index (χ4v) is 2.16. The van der Waals surface area contributed by atoms with E-state index in [1.165, 1.54) is 6.92 Å². The number of carbonyl (C=O) groups excluding carboxylic acids is 2. The number of nitrogens with zero attached hydrogens (tertiary/aromatic N) is 1. The van der Waals surface area contributed by atoms with Crippen LogP contribution in [-0.4, -0.2) is 61.0 Å². The molecule has 1 aromatic carbocycles. The van der Waals surface area contributed by atoms with Crippen LogP contribution in [0.3, 0.4) is 0 Å². The summed E-state index contributed by atoms with van der Waals surface area (Å²) < 4.78 is 0. The number of hydrogen-bond donors (Lipinski definition) is 4. The highest BCUT2D eigenvalue weighted by Crippen LogP contribution is 2.14. The predicted octanol–water partition coefficient (Wildman–Crippen LogP) is 0.968. The number of carboxylic acid groups (broad SMARTS) is 1. The van der Waals surface area contributed by atoms with Gasteiger partial charge in [-0.15, -0.1) is 0 Å². The van der Waals surface area contributed by atoms with Gasteiger partial charge >= 0.3 is 5.97 Å². The SMILES string of the molecule is CC(=O)Nc1ccc(NC(=O)C[C@@H](NCCCN(C)C)C(=O)O)cc1. The summed E-state index contributed by atoms with van der Waals surface area (Å²) in [5, 5.41) is 17.4. The van der Waals surface area contributed by atoms with Crippen molar-refractivity contribution in [2.24, 2.45) is 0 Å². The van der Waals surface area contributed by atoms with Crippen LogP contribution in [0.25, 0.3) is 0 Å². The third kappa shape index (κ3) is 8.83. The lowest BCUT2D eigenvalue weighted by Gasteiger charge is -2.15. The smallest absolute Gasteiger partial charge is 0.321 e. The van der Waals surface area contributed by atoms with Crippen molar-refractivity contribution in [3.8, 4) is 0 Å². The average Bonchev–Trinajstić information content (AvgIpc) is 2.51. The monoisotopic (exact) mass is 350 g/mol. The number of anilines is 2. The molecule has 2 amide bonds. The maximum Gasteiger partial charge on any atom is 0.321 e. The highest BCUT2D eigenvalue weighted by Gasteiger charge is 2.20. The summed E-state index contributed by atoms with van der Waals surface area (Å²) >= 11 is 0. The molecule has 138 valence electrons. The lowest BCUT2D eigenvalue weighted by atomic mass is 10.2. The second kappa shape index (κ2) is 10.4. The van der Waals surface area contributed by atoms with E-state index in [1.807, 2.05) is 19.0 Å². The van der Waals surface area contributed by atoms with Crippen LogP contribution in [0.5, 0.6) is 0 Å². The van der Waals surface area contributed by atoms with Crippen LogP contribution in [0.4, 0.5) is 11.4 Å². The van der Waals surface area contributed by atoms with E-state index in [-0.39, 0.29) is 18.2 Å². The van der Waals surface area contributed by atoms with Gasteiger partial charge in [-0.05, 0) is 57.9 Å². The second-order valence-corrected chi connectivity index (χ2v) is 6.01. The summed E-state index contributed by atoms with van der Waals surface area (Å²) in [6.07, 6.45) is 0.633. The molecule has 4 N–H and O–H groups in total. The van der Waals surface area contributed by atoms with Crippen molar-refractivity contribution in [3.63, 3.8) is 0 Å². The number of nitrogens with one attached hydrogen (secondary N) is 3. The Morgan fingerprint density at radius 3 is 2.12 bits per heavy atom. The zero-order valence-electron chi connectivity index (χ0n) is 14.8. The number of benzene rings is 1. The molecule has 1 atom stereocenters. The summed E-state index contributed by atoms with van der Waals surface area (Å²) in [5.74, 6) is -1.62. The summed E-state index contributed by atoms with van der Waals surface area (Å²) in [6, 6.07) is 5.67. The maximum absolute atomic E-state index is 12.0. The minimum absolute atomic E-state index is 0.162. The molecule has 0 aliphatic rings. The fourth-order valence-electron chi connectivity index (χ4n) is 2.16. The quantitative estimate of drug-likeness (QED) is 0.468. The Kier molecular flexibility index (Phi) is 8.59. The summed E-state index contributed by atoms with van der Waals surface area (Å²) in [6.45, 7) is 2.77. The van der Waals surface area contributed by atoms with Crippen LogP contribution >= 0.6 is 0 Å². The molecule has 0 bridgehead atoms. The van der Waals surface area contributed by atoms with E-state index in [0.717, 1.165) is 13.0 Å². The zero-order valence-corrected chi connectivity index (χ0v) is 14.8. The molecule has 8 heteroatoms. The van der Waals surface area contributed by atoms with E-state index in [0.29, 0.717) is 17.9 Å². The standard InChI is InChI=1S/C17H26N4O4/c1-12(22)19-13-5-7-14(8-6-13)20-16(23)11-15(17(24)25)18-9-4-10-21(2)3/h5-8,15,18H,4,9-11H2,1-3H3,(H,19,22)(H,20,23)(H,24,25)/t15-/m1/s1. The topological polar surface area (TPSA) is 111 Å². The molecular formula is C17H26N4O4. The Hall–Kier alpha value is -2.45. The Morgan fingerprint density at radius 2 is 1.64 bits per heavy atom. The van der Waals surface area contributed by atoms with E-state index >= 15 is 0 Å². The first-order chi connectivity index (χ1) is 11.8. The molecule has 0 fully saturated rings. The number of rotatable bonds is 10. The highest BCUT2D eigenvalue weighted by atomic mass is 16.4. The van der Waals surface area contributed by atoms with Gasteiger partial charge in [0.05, 0.1) is 6.42 Å². The normalized spacial score (nSPS) is 11.8. The molecule has 25 heavy (non-hydrogen) atoms. The maximum atomic E-state index is 12.0. The van der Waals surface area contributed by atoms with Crippen molar-refractivity contribution in [1.29, 1.82) is 0 Å². The molecule has 0 radical (unpaired) electrons. The third-order valence-corrected chi connectivity index (χ3v) is 3.35. The first-order valence-electron chi connectivity index (χ1n) is 8.06. The summed E-state index contributed by atoms with van der Waals surface area (Å²) in [4.78, 5) is 36.3. The number of carboxylic acids is 1. The first-order valence-corrected chi connectivity index (χ1v) is 8.06. The second-order valence-electron chi connectivity index (χ2n) is 6.01. The van der Waals surface area contributed by atoms with Crippen molar-refractivity contribution in [2.45, 2.75) is 25.8 Å². The van der Waals surface area contributed by atoms with Crippen molar-refractivity contribution in [1.82, 2.24) is 10.2 Å². The average molecular weight is 350 g/mol. The van der Waals surface area contributed by atoms with Crippen LogP contribution in [-0.2, 0) is 14.4 Å². The Balaban J connectivity index is 2.48. The van der Waals surface area contributed by atoms with E-state index in [9.17, 15) is 19.5 Å². The van der Waals surface area contributed by atoms with E-state index < -0.39 is 12.0 Å². The first kappa shape index (κ1) is 20.6. The summed E-state index contributed by atoms with van der Waals surface area (Å²) in [7, 11) is 3.89. The van der Waals surface area contributed by atoms with Gasteiger partial charge < -0.3 is 26.0 Å². The van der Waals surface area contributed by atoms with Crippen molar-refractivity contribution in [3.05, 3.63) is 24.3 Å². The summed E-state index contributed by atoms with van der Waals surface area (Å²) in [5.41, 5.74) is 1.16. The van der Waals surface area contributed by atoms with Gasteiger partial charge in [-0.2, -0.15) is 0 Å². The van der Waals surface area contributed by atoms with Gasteiger partial charge in [0, 0.05) is 18.3 Å². The van der Waals surface area contributed by atoms with Gasteiger partial charge in [0.25, 0.3) is 0 Å². The van der Waals surface area contributed by atoms with Gasteiger partial charge in [-0.25, -0.2) is 0 Å². The van der Waals surface area contributed by atoms with Crippen LogP contribution in [0, 0.1) is 0 Å². The van der Waals surface area contributed by atoms with Gasteiger partial charge in [0.1, 0.15) is 6.04 Å². The number of aliphatic carboxylic acids is 1. The predicted molar refractivity (Wildman–Crippen MR) is 96.6 cm³/mol. The number of hydrogen-bond acceptors (Lipinski definition) is 5. The molecule has 0 heterocycles. The molecule has 1 rings (SSSR count). The minimum Gasteiger partial charge on any atom is -0.480 e. The van der Waals surface area contributed by atoms with Gasteiger partial charge in [0.2, 0.25) is 11.8 Å². The Bertz CT molecular complexity index is 587. The molecular weight excluding hydrogens is 324 g/mol. The Morgan fingerprint density at radius 1 is 1.08 bits per heavy atom. The van der Waals surface area contributed by atoms with Crippen LogP contribution in [0.2, 0.25) is 0 Å². The molecule has 8 nitrogen and oxygen atoms in total. The van der Waals surface area contributed by atoms with E-state index in [1.54, 1.807) is 24.3 Å². The molecule has 0 aliphatic heterocycles. The number of amides is 2. The third-order valence-electron chi connectivity index (χ3n) is 3.35. The molecule has 0 aromatic heterocycles. The number of carbonyl (C=O) groups is 3. The van der Waals surface area contributed by atoms with Crippen molar-refractivity contribution in [2.75, 3.05) is 37.8 Å². The zero-order chi connectivity index (χ0) is 18.8. The molecule has 0 saturated carbocycles. The van der Waals surface area contributed by atoms with Crippen LogP contribution < -0.4 is 16.0 Å². The van der Waals surface area contributed by atoms with Crippen molar-refractivity contribution >= 4 is 29.2 Å². The van der Waals surface area contributed by atoms with Crippen molar-refractivity contribution < 1.29 is 19.5 Å². The van der Waals surface area contributed by atoms with Gasteiger partial charge in [0.15, 0.2) is 0 Å². The van der Waals surface area contributed by atoms with E-state index in [4.69, 9.17) is 0 Å². The molecule has 0 unspecified atom stereocenters. The molecule has 1 aromatic rings. The minimum atomic E-state index is -1.05. The Labute approximate surface area is 147 Å². The van der Waals surface area contributed by atoms with Crippen LogP contribution in [0.15, 0.2) is 24.3 Å². The molecule has 0 saturated heterocycles. The fraction of sp³-hybridized carbons (Fsp3) is 0.471. The lowest BCUT2D eigenvalue weighted by Crippen LogP contribution is -2.40. The largest absolute Gasteiger partial charge is 0.480 e. The lowest BCUT2D eigenvalue weighted by molar-refractivity contribution is -0.141. The highest BCUT2D eigenvalue weighted by molar-refractivity contribution is 5.94.